The van der Waals surface area contributed by atoms with Crippen LogP contribution in [0.4, 0.5) is 5.69 Å². The van der Waals surface area contributed by atoms with Crippen molar-refractivity contribution >= 4 is 11.6 Å². The van der Waals surface area contributed by atoms with E-state index in [1.165, 1.54) is 16.8 Å². The smallest absolute Gasteiger partial charge is 0.194 e. The third-order valence-corrected chi connectivity index (χ3v) is 5.38. The number of aryl methyl sites for hydroxylation is 2. The number of guanidine groups is 1. The maximum Gasteiger partial charge on any atom is 0.194 e. The van der Waals surface area contributed by atoms with Crippen molar-refractivity contribution in [3.05, 3.63) is 41.0 Å². The largest absolute Gasteiger partial charge is 0.368 e. The lowest BCUT2D eigenvalue weighted by Crippen LogP contribution is -2.52. The van der Waals surface area contributed by atoms with Gasteiger partial charge in [0.05, 0.1) is 0 Å². The van der Waals surface area contributed by atoms with Gasteiger partial charge in [-0.1, -0.05) is 12.1 Å². The zero-order chi connectivity index (χ0) is 19.4. The Morgan fingerprint density at radius 3 is 2.48 bits per heavy atom. The molecule has 1 N–H and O–H groups in total. The van der Waals surface area contributed by atoms with Crippen LogP contribution in [0.2, 0.25) is 0 Å². The average molecular weight is 370 g/mol. The summed E-state index contributed by atoms with van der Waals surface area (Å²) in [6.07, 6.45) is 0. The molecule has 0 aliphatic carbocycles. The van der Waals surface area contributed by atoms with Gasteiger partial charge in [0.2, 0.25) is 0 Å². The number of aromatic nitrogens is 3. The minimum Gasteiger partial charge on any atom is -0.368 e. The third kappa shape index (κ3) is 4.23. The van der Waals surface area contributed by atoms with E-state index in [1.54, 1.807) is 0 Å². The molecule has 2 aromatic rings. The standard InChI is InChI=1S/C20H31N7/c1-6-21-20(22-14-19-24-23-17(4)25(19)5)27-12-10-26(11-13-27)18-9-7-8-15(2)16(18)3/h7-9H,6,10-14H2,1-5H3,(H,21,22). The van der Waals surface area contributed by atoms with Crippen LogP contribution in [0.3, 0.4) is 0 Å². The van der Waals surface area contributed by atoms with Gasteiger partial charge in [-0.3, -0.25) is 0 Å². The number of hydrogen-bond acceptors (Lipinski definition) is 4. The van der Waals surface area contributed by atoms with E-state index in [9.17, 15) is 0 Å². The highest BCUT2D eigenvalue weighted by Crippen LogP contribution is 2.23. The first-order valence-corrected chi connectivity index (χ1v) is 9.70. The van der Waals surface area contributed by atoms with Gasteiger partial charge in [0.25, 0.3) is 0 Å². The van der Waals surface area contributed by atoms with Crippen LogP contribution in [-0.4, -0.2) is 58.3 Å². The number of aliphatic imine (C=N–C) groups is 1. The molecule has 1 aliphatic heterocycles. The van der Waals surface area contributed by atoms with E-state index in [0.717, 1.165) is 50.3 Å². The molecule has 0 atom stereocenters. The number of nitrogens with one attached hydrogen (secondary N) is 1. The Labute approximate surface area is 162 Å². The molecule has 1 fully saturated rings. The van der Waals surface area contributed by atoms with Crippen molar-refractivity contribution in [2.75, 3.05) is 37.6 Å². The van der Waals surface area contributed by atoms with E-state index in [-0.39, 0.29) is 0 Å². The number of rotatable bonds is 4. The van der Waals surface area contributed by atoms with Gasteiger partial charge in [0, 0.05) is 45.5 Å². The Kier molecular flexibility index (Phi) is 5.98. The summed E-state index contributed by atoms with van der Waals surface area (Å²) in [5.41, 5.74) is 4.08. The minimum absolute atomic E-state index is 0.539. The van der Waals surface area contributed by atoms with Crippen molar-refractivity contribution in [1.29, 1.82) is 0 Å². The summed E-state index contributed by atoms with van der Waals surface area (Å²) in [6, 6.07) is 6.56. The summed E-state index contributed by atoms with van der Waals surface area (Å²) in [4.78, 5) is 9.62. The quantitative estimate of drug-likeness (QED) is 0.660. The van der Waals surface area contributed by atoms with Crippen molar-refractivity contribution in [1.82, 2.24) is 25.0 Å². The van der Waals surface area contributed by atoms with Crippen LogP contribution in [0.25, 0.3) is 0 Å². The second kappa shape index (κ2) is 8.41. The van der Waals surface area contributed by atoms with E-state index >= 15 is 0 Å². The van der Waals surface area contributed by atoms with Gasteiger partial charge in [-0.15, -0.1) is 10.2 Å². The van der Waals surface area contributed by atoms with Crippen LogP contribution >= 0.6 is 0 Å². The molecule has 27 heavy (non-hydrogen) atoms. The molecule has 0 unspecified atom stereocenters. The number of anilines is 1. The SMILES string of the molecule is CCNC(=NCc1nnc(C)n1C)N1CCN(c2cccc(C)c2C)CC1. The Bertz CT molecular complexity index is 801. The van der Waals surface area contributed by atoms with Crippen molar-refractivity contribution in [3.8, 4) is 0 Å². The lowest BCUT2D eigenvalue weighted by molar-refractivity contribution is 0.372. The van der Waals surface area contributed by atoms with E-state index in [1.807, 2.05) is 18.5 Å². The highest BCUT2D eigenvalue weighted by Gasteiger charge is 2.21. The van der Waals surface area contributed by atoms with Gasteiger partial charge < -0.3 is 19.7 Å². The maximum atomic E-state index is 4.80. The second-order valence-electron chi connectivity index (χ2n) is 7.09. The molecule has 7 heteroatoms. The first-order valence-electron chi connectivity index (χ1n) is 9.70. The van der Waals surface area contributed by atoms with Gasteiger partial charge in [0.1, 0.15) is 12.4 Å². The first-order chi connectivity index (χ1) is 13.0. The van der Waals surface area contributed by atoms with Crippen molar-refractivity contribution in [2.45, 2.75) is 34.2 Å². The molecule has 0 radical (unpaired) electrons. The van der Waals surface area contributed by atoms with E-state index in [2.05, 4.69) is 64.3 Å². The van der Waals surface area contributed by atoms with Gasteiger partial charge in [-0.05, 0) is 44.9 Å². The van der Waals surface area contributed by atoms with Crippen LogP contribution in [0, 0.1) is 20.8 Å². The van der Waals surface area contributed by atoms with Crippen LogP contribution < -0.4 is 10.2 Å². The van der Waals surface area contributed by atoms with Crippen LogP contribution in [0.1, 0.15) is 29.7 Å². The van der Waals surface area contributed by atoms with Crippen LogP contribution in [-0.2, 0) is 13.6 Å². The van der Waals surface area contributed by atoms with Crippen LogP contribution in [0.15, 0.2) is 23.2 Å². The molecule has 1 aliphatic rings. The summed E-state index contributed by atoms with van der Waals surface area (Å²) in [5, 5.41) is 11.8. The van der Waals surface area contributed by atoms with Gasteiger partial charge >= 0.3 is 0 Å². The van der Waals surface area contributed by atoms with Gasteiger partial charge in [-0.25, -0.2) is 4.99 Å². The Morgan fingerprint density at radius 1 is 1.11 bits per heavy atom. The fourth-order valence-corrected chi connectivity index (χ4v) is 3.40. The third-order valence-electron chi connectivity index (χ3n) is 5.38. The lowest BCUT2D eigenvalue weighted by atomic mass is 10.1. The summed E-state index contributed by atoms with van der Waals surface area (Å²) < 4.78 is 1.99. The average Bonchev–Trinajstić information content (AvgIpc) is 2.99. The fourth-order valence-electron chi connectivity index (χ4n) is 3.40. The van der Waals surface area contributed by atoms with Crippen molar-refractivity contribution in [3.63, 3.8) is 0 Å². The van der Waals surface area contributed by atoms with E-state index in [0.29, 0.717) is 6.54 Å². The first kappa shape index (κ1) is 19.2. The maximum absolute atomic E-state index is 4.80. The van der Waals surface area contributed by atoms with Gasteiger partial charge in [-0.2, -0.15) is 0 Å². The fraction of sp³-hybridized carbons (Fsp3) is 0.550. The lowest BCUT2D eigenvalue weighted by Gasteiger charge is -2.38. The molecule has 0 amide bonds. The normalized spacial score (nSPS) is 15.4. The summed E-state index contributed by atoms with van der Waals surface area (Å²) in [5.74, 6) is 2.75. The molecule has 7 nitrogen and oxygen atoms in total. The Morgan fingerprint density at radius 2 is 1.85 bits per heavy atom. The molecule has 0 saturated carbocycles. The number of benzene rings is 1. The van der Waals surface area contributed by atoms with Gasteiger partial charge in [0.15, 0.2) is 11.8 Å². The van der Waals surface area contributed by atoms with E-state index < -0.39 is 0 Å². The highest BCUT2D eigenvalue weighted by molar-refractivity contribution is 5.80. The van der Waals surface area contributed by atoms with Crippen molar-refractivity contribution in [2.24, 2.45) is 12.0 Å². The molecule has 1 aromatic heterocycles. The number of nitrogens with zero attached hydrogens (tertiary/aromatic N) is 6. The second-order valence-corrected chi connectivity index (χ2v) is 7.09. The molecule has 0 bridgehead atoms. The molecule has 2 heterocycles. The minimum atomic E-state index is 0.539. The zero-order valence-electron chi connectivity index (χ0n) is 17.2. The summed E-state index contributed by atoms with van der Waals surface area (Å²) >= 11 is 0. The summed E-state index contributed by atoms with van der Waals surface area (Å²) in [7, 11) is 1.98. The topological polar surface area (TPSA) is 61.6 Å². The zero-order valence-corrected chi connectivity index (χ0v) is 17.2. The predicted molar refractivity (Wildman–Crippen MR) is 110 cm³/mol. The molecule has 146 valence electrons. The predicted octanol–water partition coefficient (Wildman–Crippen LogP) is 2.03. The van der Waals surface area contributed by atoms with Crippen LogP contribution in [0.5, 0.6) is 0 Å². The number of hydrogen-bond donors (Lipinski definition) is 1. The summed E-state index contributed by atoms with van der Waals surface area (Å²) in [6.45, 7) is 13.8. The Hall–Kier alpha value is -2.57. The highest BCUT2D eigenvalue weighted by atomic mass is 15.4. The number of piperazine rings is 1. The molecule has 3 rings (SSSR count). The molecule has 0 spiro atoms. The molecular weight excluding hydrogens is 338 g/mol. The molecule has 1 saturated heterocycles. The van der Waals surface area contributed by atoms with E-state index in [4.69, 9.17) is 4.99 Å². The monoisotopic (exact) mass is 369 g/mol. The van der Waals surface area contributed by atoms with Crippen molar-refractivity contribution < 1.29 is 0 Å². The molecular formula is C20H31N7. The Balaban J connectivity index is 1.67. The molecule has 1 aromatic carbocycles.